The highest BCUT2D eigenvalue weighted by Gasteiger charge is 2.48. The van der Waals surface area contributed by atoms with Crippen LogP contribution in [-0.2, 0) is 26.5 Å². The highest BCUT2D eigenvalue weighted by Crippen LogP contribution is 2.53. The van der Waals surface area contributed by atoms with E-state index in [9.17, 15) is 30.0 Å². The minimum atomic E-state index is -1.82. The minimum Gasteiger partial charge on any atom is -0.490 e. The van der Waals surface area contributed by atoms with Crippen molar-refractivity contribution in [3.63, 3.8) is 0 Å². The molecule has 2 aromatic carbocycles. The van der Waals surface area contributed by atoms with Crippen molar-refractivity contribution in [3.05, 3.63) is 77.1 Å². The molecular weight excluding hydrogens is 722 g/mol. The van der Waals surface area contributed by atoms with Crippen molar-refractivity contribution in [2.45, 2.75) is 92.6 Å². The van der Waals surface area contributed by atoms with Crippen LogP contribution >= 0.6 is 23.4 Å². The third-order valence-corrected chi connectivity index (χ3v) is 11.0. The predicted molar refractivity (Wildman–Crippen MR) is 201 cm³/mol. The SMILES string of the molecule is CN(C)C(=O)CCN(C[C@H](O)[C@@H](O)[C@H](O)[C@H](O)CO)C(=O)CCCSc1ccc(Cl)c(COC2(c3cnccc3-c3ccccc3OC3CC3)CC2)c1. The van der Waals surface area contributed by atoms with Gasteiger partial charge >= 0.3 is 0 Å². The van der Waals surface area contributed by atoms with E-state index in [4.69, 9.17) is 26.2 Å². The summed E-state index contributed by atoms with van der Waals surface area (Å²) in [7, 11) is 3.19. The largest absolute Gasteiger partial charge is 0.490 e. The van der Waals surface area contributed by atoms with Crippen LogP contribution in [0.15, 0.2) is 65.8 Å². The number of carbonyl (C=O) groups excluding carboxylic acids is 2. The van der Waals surface area contributed by atoms with Crippen LogP contribution in [0.2, 0.25) is 5.02 Å². The van der Waals surface area contributed by atoms with Gasteiger partial charge in [-0.1, -0.05) is 29.8 Å². The number of thioether (sulfide) groups is 1. The van der Waals surface area contributed by atoms with Gasteiger partial charge in [-0.3, -0.25) is 14.6 Å². The summed E-state index contributed by atoms with van der Waals surface area (Å²) in [4.78, 5) is 33.6. The third kappa shape index (κ3) is 11.1. The summed E-state index contributed by atoms with van der Waals surface area (Å²) >= 11 is 8.20. The molecule has 3 aromatic rings. The molecule has 0 radical (unpaired) electrons. The number of rotatable bonds is 21. The van der Waals surface area contributed by atoms with Gasteiger partial charge in [0.1, 0.15) is 30.2 Å². The van der Waals surface area contributed by atoms with Gasteiger partial charge in [0.2, 0.25) is 11.8 Å². The smallest absolute Gasteiger partial charge is 0.223 e. The van der Waals surface area contributed by atoms with Crippen molar-refractivity contribution in [1.82, 2.24) is 14.8 Å². The van der Waals surface area contributed by atoms with E-state index in [1.54, 1.807) is 32.1 Å². The molecule has 0 bridgehead atoms. The Morgan fingerprint density at radius 3 is 2.42 bits per heavy atom. The number of ether oxygens (including phenoxy) is 2. The molecule has 0 spiro atoms. The Morgan fingerprint density at radius 1 is 0.981 bits per heavy atom. The van der Waals surface area contributed by atoms with E-state index in [0.717, 1.165) is 58.6 Å². The van der Waals surface area contributed by atoms with E-state index < -0.39 is 36.6 Å². The Bertz CT molecular complexity index is 1690. The molecule has 2 aliphatic rings. The van der Waals surface area contributed by atoms with Gasteiger partial charge in [0.05, 0.1) is 24.9 Å². The number of aromatic nitrogens is 1. The Morgan fingerprint density at radius 2 is 1.72 bits per heavy atom. The first-order valence-electron chi connectivity index (χ1n) is 18.0. The second-order valence-corrected chi connectivity index (χ2v) is 15.5. The first-order chi connectivity index (χ1) is 25.4. The van der Waals surface area contributed by atoms with Gasteiger partial charge in [-0.05, 0) is 79.3 Å². The lowest BCUT2D eigenvalue weighted by molar-refractivity contribution is -0.141. The zero-order valence-corrected chi connectivity index (χ0v) is 31.7. The van der Waals surface area contributed by atoms with E-state index in [0.29, 0.717) is 23.8 Å². The molecule has 2 fully saturated rings. The fraction of sp³-hybridized carbons (Fsp3) is 0.513. The fourth-order valence-electron chi connectivity index (χ4n) is 5.96. The lowest BCUT2D eigenvalue weighted by Crippen LogP contribution is -2.51. The van der Waals surface area contributed by atoms with Crippen LogP contribution in [0.5, 0.6) is 5.75 Å². The Labute approximate surface area is 319 Å². The van der Waals surface area contributed by atoms with Crippen molar-refractivity contribution in [3.8, 4) is 16.9 Å². The second-order valence-electron chi connectivity index (χ2n) is 13.9. The molecule has 0 saturated heterocycles. The normalized spacial score (nSPS) is 17.1. The molecule has 288 valence electrons. The van der Waals surface area contributed by atoms with Crippen LogP contribution in [0.1, 0.15) is 56.1 Å². The maximum atomic E-state index is 13.2. The Kier molecular flexibility index (Phi) is 14.6. The zero-order valence-electron chi connectivity index (χ0n) is 30.1. The summed E-state index contributed by atoms with van der Waals surface area (Å²) in [6, 6.07) is 15.9. The van der Waals surface area contributed by atoms with Gasteiger partial charge < -0.3 is 44.8 Å². The lowest BCUT2D eigenvalue weighted by atomic mass is 9.96. The number of hydrogen-bond acceptors (Lipinski definition) is 11. The number of pyridine rings is 1. The average Bonchev–Trinajstić information content (AvgIpc) is 4.11. The van der Waals surface area contributed by atoms with Crippen molar-refractivity contribution in [2.24, 2.45) is 0 Å². The molecule has 12 nitrogen and oxygen atoms in total. The molecule has 2 saturated carbocycles. The summed E-state index contributed by atoms with van der Waals surface area (Å²) < 4.78 is 12.9. The Hall–Kier alpha value is -3.27. The summed E-state index contributed by atoms with van der Waals surface area (Å²) in [5, 5.41) is 50.2. The van der Waals surface area contributed by atoms with Gasteiger partial charge in [-0.25, -0.2) is 0 Å². The second kappa shape index (κ2) is 18.9. The first-order valence-corrected chi connectivity index (χ1v) is 19.4. The van der Waals surface area contributed by atoms with E-state index in [-0.39, 0.29) is 43.8 Å². The van der Waals surface area contributed by atoms with Gasteiger partial charge in [0.25, 0.3) is 0 Å². The lowest BCUT2D eigenvalue weighted by Gasteiger charge is -2.30. The summed E-state index contributed by atoms with van der Waals surface area (Å²) in [6.45, 7) is -0.885. The van der Waals surface area contributed by atoms with E-state index in [2.05, 4.69) is 11.1 Å². The maximum Gasteiger partial charge on any atom is 0.223 e. The number of nitrogens with zero attached hydrogens (tertiary/aromatic N) is 3. The van der Waals surface area contributed by atoms with E-state index >= 15 is 0 Å². The zero-order chi connectivity index (χ0) is 38.1. The maximum absolute atomic E-state index is 13.2. The van der Waals surface area contributed by atoms with Crippen LogP contribution in [0.4, 0.5) is 0 Å². The van der Waals surface area contributed by atoms with E-state index in [1.165, 1.54) is 9.80 Å². The first kappa shape index (κ1) is 40.9. The molecule has 2 amide bonds. The number of amides is 2. The van der Waals surface area contributed by atoms with Crippen LogP contribution in [0.25, 0.3) is 11.1 Å². The van der Waals surface area contributed by atoms with E-state index in [1.807, 2.05) is 48.7 Å². The molecule has 4 atom stereocenters. The molecule has 2 aliphatic carbocycles. The van der Waals surface area contributed by atoms with Gasteiger partial charge in [-0.2, -0.15) is 0 Å². The van der Waals surface area contributed by atoms with Crippen LogP contribution in [0.3, 0.4) is 0 Å². The molecule has 5 rings (SSSR count). The van der Waals surface area contributed by atoms with Crippen molar-refractivity contribution in [2.75, 3.05) is 39.5 Å². The topological polar surface area (TPSA) is 173 Å². The number of para-hydroxylation sites is 1. The summed E-state index contributed by atoms with van der Waals surface area (Å²) in [6.07, 6.45) is 1.49. The number of carbonyl (C=O) groups is 2. The molecule has 14 heteroatoms. The number of hydrogen-bond donors (Lipinski definition) is 5. The highest BCUT2D eigenvalue weighted by atomic mass is 35.5. The molecule has 1 aromatic heterocycles. The standard InChI is InChI=1S/C39H50ClN3O9S/c1-42(2)35(47)14-18-43(22-32(45)37(49)38(50)33(46)23-44)36(48)8-5-19-53-27-11-12-31(40)25(20-27)24-51-39(15-16-39)30-21-41-17-13-28(30)29-6-3-4-7-34(29)52-26-9-10-26/h3-4,6-7,11-13,17,20-21,26,32-33,37-38,44-46,49-50H,5,8-10,14-16,18-19,22-24H2,1-2H3/t32-,33+,37+,38+/m0/s1. The fourth-order valence-corrected chi connectivity index (χ4v) is 7.05. The summed E-state index contributed by atoms with van der Waals surface area (Å²) in [5.74, 6) is 0.905. The molecular formula is C39H50ClN3O9S. The highest BCUT2D eigenvalue weighted by molar-refractivity contribution is 7.99. The number of benzene rings is 2. The molecule has 0 unspecified atom stereocenters. The predicted octanol–water partition coefficient (Wildman–Crippen LogP) is 3.76. The molecule has 5 N–H and O–H groups in total. The summed E-state index contributed by atoms with van der Waals surface area (Å²) in [5.41, 5.74) is 3.47. The van der Waals surface area contributed by atoms with Crippen molar-refractivity contribution < 1.29 is 44.6 Å². The number of halogens is 1. The van der Waals surface area contributed by atoms with Crippen LogP contribution in [-0.4, -0.2) is 122 Å². The number of aliphatic hydroxyl groups excluding tert-OH is 5. The minimum absolute atomic E-state index is 0.000737. The third-order valence-electron chi connectivity index (χ3n) is 9.52. The van der Waals surface area contributed by atoms with Crippen LogP contribution in [0, 0.1) is 0 Å². The van der Waals surface area contributed by atoms with Crippen molar-refractivity contribution >= 4 is 35.2 Å². The molecule has 53 heavy (non-hydrogen) atoms. The van der Waals surface area contributed by atoms with Crippen molar-refractivity contribution in [1.29, 1.82) is 0 Å². The monoisotopic (exact) mass is 771 g/mol. The molecule has 1 heterocycles. The van der Waals surface area contributed by atoms with Crippen LogP contribution < -0.4 is 4.74 Å². The van der Waals surface area contributed by atoms with Gasteiger partial charge in [0, 0.05) is 73.5 Å². The van der Waals surface area contributed by atoms with Gasteiger partial charge in [-0.15, -0.1) is 11.8 Å². The van der Waals surface area contributed by atoms with Gasteiger partial charge in [0.15, 0.2) is 0 Å². The number of aliphatic hydroxyl groups is 5. The Balaban J connectivity index is 1.17. The molecule has 0 aliphatic heterocycles. The quantitative estimate of drug-likeness (QED) is 0.0789. The average molecular weight is 772 g/mol.